The third kappa shape index (κ3) is 3.10. The number of hydrogen-bond acceptors (Lipinski definition) is 2. The van der Waals surface area contributed by atoms with Gasteiger partial charge >= 0.3 is 0 Å². The van der Waals surface area contributed by atoms with Crippen LogP contribution >= 0.6 is 11.6 Å². The zero-order valence-electron chi connectivity index (χ0n) is 13.2. The van der Waals surface area contributed by atoms with Crippen LogP contribution in [0.2, 0.25) is 5.02 Å². The summed E-state index contributed by atoms with van der Waals surface area (Å²) in [6.07, 6.45) is 0.876. The van der Waals surface area contributed by atoms with Crippen molar-refractivity contribution in [3.05, 3.63) is 58.8 Å². The number of fused-ring (bicyclic) bond motifs is 1. The second-order valence-electron chi connectivity index (χ2n) is 5.57. The van der Waals surface area contributed by atoms with Crippen LogP contribution in [-0.2, 0) is 0 Å². The zero-order chi connectivity index (χ0) is 16.4. The van der Waals surface area contributed by atoms with Crippen molar-refractivity contribution in [2.45, 2.75) is 20.3 Å². The molecular formula is C19H18ClNO2. The average Bonchev–Trinajstić information content (AvgIpc) is 2.92. The molecule has 118 valence electrons. The Balaban J connectivity index is 2.20. The molecule has 0 saturated carbocycles. The number of rotatable bonds is 4. The fourth-order valence-corrected chi connectivity index (χ4v) is 2.72. The molecule has 1 amide bonds. The topological polar surface area (TPSA) is 42.2 Å². The highest BCUT2D eigenvalue weighted by molar-refractivity contribution is 6.30. The fraction of sp³-hybridized carbons (Fsp3) is 0.211. The Morgan fingerprint density at radius 3 is 2.61 bits per heavy atom. The lowest BCUT2D eigenvalue weighted by molar-refractivity contribution is 0.0929. The molecular weight excluding hydrogens is 310 g/mol. The second kappa shape index (κ2) is 6.47. The Labute approximate surface area is 140 Å². The highest BCUT2D eigenvalue weighted by Gasteiger charge is 2.21. The van der Waals surface area contributed by atoms with Crippen LogP contribution in [0.4, 0.5) is 0 Å². The molecule has 0 spiro atoms. The van der Waals surface area contributed by atoms with Gasteiger partial charge in [0.1, 0.15) is 5.58 Å². The van der Waals surface area contributed by atoms with Crippen LogP contribution in [0.3, 0.4) is 0 Å². The molecule has 0 unspecified atom stereocenters. The molecule has 23 heavy (non-hydrogen) atoms. The molecule has 0 aliphatic rings. The summed E-state index contributed by atoms with van der Waals surface area (Å²) in [5.74, 6) is 0.159. The van der Waals surface area contributed by atoms with Crippen molar-refractivity contribution in [1.29, 1.82) is 0 Å². The minimum atomic E-state index is -0.189. The summed E-state index contributed by atoms with van der Waals surface area (Å²) in [6, 6.07) is 13.4. The molecule has 0 aliphatic carbocycles. The number of nitrogens with one attached hydrogen (secondary N) is 1. The smallest absolute Gasteiger partial charge is 0.287 e. The minimum Gasteiger partial charge on any atom is -0.450 e. The number of carbonyl (C=O) groups is 1. The largest absolute Gasteiger partial charge is 0.450 e. The van der Waals surface area contributed by atoms with Crippen LogP contribution in [0.25, 0.3) is 22.1 Å². The van der Waals surface area contributed by atoms with Gasteiger partial charge in [0, 0.05) is 22.5 Å². The van der Waals surface area contributed by atoms with E-state index in [9.17, 15) is 4.79 Å². The SMILES string of the molecule is CCCNC(=O)c1oc2ccc(C)cc2c1-c1ccc(Cl)cc1. The summed E-state index contributed by atoms with van der Waals surface area (Å²) in [6.45, 7) is 4.66. The van der Waals surface area contributed by atoms with Gasteiger partial charge in [0.25, 0.3) is 5.91 Å². The van der Waals surface area contributed by atoms with Crippen LogP contribution in [0, 0.1) is 6.92 Å². The van der Waals surface area contributed by atoms with E-state index in [0.29, 0.717) is 22.9 Å². The van der Waals surface area contributed by atoms with E-state index < -0.39 is 0 Å². The van der Waals surface area contributed by atoms with Crippen molar-refractivity contribution in [3.8, 4) is 11.1 Å². The molecule has 1 heterocycles. The van der Waals surface area contributed by atoms with Gasteiger partial charge in [-0.05, 0) is 43.2 Å². The highest BCUT2D eigenvalue weighted by atomic mass is 35.5. The van der Waals surface area contributed by atoms with Gasteiger partial charge in [-0.2, -0.15) is 0 Å². The summed E-state index contributed by atoms with van der Waals surface area (Å²) in [4.78, 5) is 12.5. The molecule has 0 fully saturated rings. The molecule has 0 bridgehead atoms. The van der Waals surface area contributed by atoms with Crippen molar-refractivity contribution >= 4 is 28.5 Å². The molecule has 1 N–H and O–H groups in total. The Kier molecular flexibility index (Phi) is 4.39. The summed E-state index contributed by atoms with van der Waals surface area (Å²) >= 11 is 5.98. The maximum Gasteiger partial charge on any atom is 0.287 e. The molecule has 3 aromatic rings. The number of amides is 1. The van der Waals surface area contributed by atoms with Crippen LogP contribution < -0.4 is 5.32 Å². The fourth-order valence-electron chi connectivity index (χ4n) is 2.59. The summed E-state index contributed by atoms with van der Waals surface area (Å²) in [5, 5.41) is 4.49. The van der Waals surface area contributed by atoms with Crippen LogP contribution in [0.15, 0.2) is 46.9 Å². The molecule has 0 aliphatic heterocycles. The lowest BCUT2D eigenvalue weighted by Gasteiger charge is -2.05. The Morgan fingerprint density at radius 2 is 1.91 bits per heavy atom. The van der Waals surface area contributed by atoms with E-state index in [1.165, 1.54) is 0 Å². The van der Waals surface area contributed by atoms with E-state index in [2.05, 4.69) is 5.32 Å². The Bertz CT molecular complexity index is 850. The number of carbonyl (C=O) groups excluding carboxylic acids is 1. The Hall–Kier alpha value is -2.26. The van der Waals surface area contributed by atoms with Gasteiger partial charge in [-0.25, -0.2) is 0 Å². The number of aryl methyl sites for hydroxylation is 1. The van der Waals surface area contributed by atoms with Crippen molar-refractivity contribution in [3.63, 3.8) is 0 Å². The van der Waals surface area contributed by atoms with Crippen LogP contribution in [0.1, 0.15) is 29.5 Å². The van der Waals surface area contributed by atoms with Crippen LogP contribution in [-0.4, -0.2) is 12.5 Å². The van der Waals surface area contributed by atoms with E-state index in [1.807, 2.05) is 56.3 Å². The first-order valence-electron chi connectivity index (χ1n) is 7.67. The maximum absolute atomic E-state index is 12.5. The first-order valence-corrected chi connectivity index (χ1v) is 8.05. The van der Waals surface area contributed by atoms with Crippen molar-refractivity contribution in [2.75, 3.05) is 6.54 Å². The van der Waals surface area contributed by atoms with Crippen molar-refractivity contribution in [1.82, 2.24) is 5.32 Å². The van der Waals surface area contributed by atoms with E-state index >= 15 is 0 Å². The van der Waals surface area contributed by atoms with Gasteiger partial charge < -0.3 is 9.73 Å². The molecule has 2 aromatic carbocycles. The van der Waals surface area contributed by atoms with Crippen molar-refractivity contribution < 1.29 is 9.21 Å². The maximum atomic E-state index is 12.5. The predicted octanol–water partition coefficient (Wildman–Crippen LogP) is 5.20. The summed E-state index contributed by atoms with van der Waals surface area (Å²) in [7, 11) is 0. The van der Waals surface area contributed by atoms with Gasteiger partial charge in [-0.1, -0.05) is 42.3 Å². The predicted molar refractivity (Wildman–Crippen MR) is 94.0 cm³/mol. The third-order valence-corrected chi connectivity index (χ3v) is 3.97. The van der Waals surface area contributed by atoms with Gasteiger partial charge in [0.15, 0.2) is 0 Å². The molecule has 3 nitrogen and oxygen atoms in total. The van der Waals surface area contributed by atoms with E-state index in [0.717, 1.165) is 28.5 Å². The second-order valence-corrected chi connectivity index (χ2v) is 6.01. The lowest BCUT2D eigenvalue weighted by atomic mass is 10.0. The molecule has 1 aromatic heterocycles. The summed E-state index contributed by atoms with van der Waals surface area (Å²) in [5.41, 5.74) is 3.56. The third-order valence-electron chi connectivity index (χ3n) is 3.72. The highest BCUT2D eigenvalue weighted by Crippen LogP contribution is 2.36. The quantitative estimate of drug-likeness (QED) is 0.715. The van der Waals surface area contributed by atoms with Gasteiger partial charge in [0.05, 0.1) is 0 Å². The first-order chi connectivity index (χ1) is 11.1. The standard InChI is InChI=1S/C19H18ClNO2/c1-3-10-21-19(22)18-17(13-5-7-14(20)8-6-13)15-11-12(2)4-9-16(15)23-18/h4-9,11H,3,10H2,1-2H3,(H,21,22). The number of halogens is 1. The average molecular weight is 328 g/mol. The molecule has 3 rings (SSSR count). The lowest BCUT2D eigenvalue weighted by Crippen LogP contribution is -2.23. The minimum absolute atomic E-state index is 0.189. The molecule has 0 radical (unpaired) electrons. The zero-order valence-corrected chi connectivity index (χ0v) is 13.9. The Morgan fingerprint density at radius 1 is 1.17 bits per heavy atom. The number of furan rings is 1. The van der Waals surface area contributed by atoms with Gasteiger partial charge in [-0.15, -0.1) is 0 Å². The van der Waals surface area contributed by atoms with E-state index in [1.54, 1.807) is 0 Å². The molecule has 0 saturated heterocycles. The van der Waals surface area contributed by atoms with E-state index in [-0.39, 0.29) is 5.91 Å². The monoisotopic (exact) mass is 327 g/mol. The van der Waals surface area contributed by atoms with Gasteiger partial charge in [-0.3, -0.25) is 4.79 Å². The number of hydrogen-bond donors (Lipinski definition) is 1. The van der Waals surface area contributed by atoms with Crippen LogP contribution in [0.5, 0.6) is 0 Å². The molecule has 0 atom stereocenters. The summed E-state index contributed by atoms with van der Waals surface area (Å²) < 4.78 is 5.85. The molecule has 4 heteroatoms. The van der Waals surface area contributed by atoms with E-state index in [4.69, 9.17) is 16.0 Å². The number of benzene rings is 2. The van der Waals surface area contributed by atoms with Crippen molar-refractivity contribution in [2.24, 2.45) is 0 Å². The first kappa shape index (κ1) is 15.6. The normalized spacial score (nSPS) is 10.9. The van der Waals surface area contributed by atoms with Gasteiger partial charge in [0.2, 0.25) is 5.76 Å².